The van der Waals surface area contributed by atoms with E-state index in [2.05, 4.69) is 30.2 Å². The number of benzene rings is 1. The van der Waals surface area contributed by atoms with Gasteiger partial charge < -0.3 is 10.2 Å². The first-order chi connectivity index (χ1) is 16.7. The van der Waals surface area contributed by atoms with E-state index in [4.69, 9.17) is 0 Å². The smallest absolute Gasteiger partial charge is 0.245 e. The van der Waals surface area contributed by atoms with Crippen molar-refractivity contribution in [1.82, 2.24) is 29.0 Å². The normalized spacial score (nSPS) is 14.5. The van der Waals surface area contributed by atoms with E-state index in [0.717, 1.165) is 48.9 Å². The highest BCUT2D eigenvalue weighted by molar-refractivity contribution is 7.89. The third-order valence-electron chi connectivity index (χ3n) is 5.95. The molecular weight excluding hydrogens is 504 g/mol. The predicted molar refractivity (Wildman–Crippen MR) is 141 cm³/mol. The van der Waals surface area contributed by atoms with Crippen LogP contribution in [0.1, 0.15) is 6.92 Å². The summed E-state index contributed by atoms with van der Waals surface area (Å²) < 4.78 is 28.3. The number of hydrogen-bond acceptors (Lipinski definition) is 8. The molecule has 0 unspecified atom stereocenters. The largest absolute Gasteiger partial charge is 0.352 e. The maximum atomic E-state index is 12.7. The second-order valence-corrected chi connectivity index (χ2v) is 10.5. The van der Waals surface area contributed by atoms with Gasteiger partial charge in [0.25, 0.3) is 0 Å². The quantitative estimate of drug-likeness (QED) is 0.464. The molecule has 4 rings (SSSR count). The summed E-state index contributed by atoms with van der Waals surface area (Å²) in [5.74, 6) is 0.701. The Kier molecular flexibility index (Phi) is 9.01. The second kappa shape index (κ2) is 11.8. The van der Waals surface area contributed by atoms with E-state index in [0.29, 0.717) is 13.1 Å². The molecule has 1 fully saturated rings. The lowest BCUT2D eigenvalue weighted by molar-refractivity contribution is -0.114. The number of halogens is 1. The summed E-state index contributed by atoms with van der Waals surface area (Å²) in [6.07, 6.45) is 6.25. The molecule has 0 atom stereocenters. The molecule has 1 N–H and O–H groups in total. The first-order valence-corrected chi connectivity index (χ1v) is 12.8. The van der Waals surface area contributed by atoms with Crippen molar-refractivity contribution in [3.8, 4) is 11.3 Å². The Labute approximate surface area is 217 Å². The summed E-state index contributed by atoms with van der Waals surface area (Å²) in [6.45, 7) is 5.61. The van der Waals surface area contributed by atoms with Crippen molar-refractivity contribution in [1.29, 1.82) is 0 Å². The molecule has 1 aromatic carbocycles. The van der Waals surface area contributed by atoms with Gasteiger partial charge in [0.05, 0.1) is 6.20 Å². The fraction of sp³-hybridized carbons (Fsp3) is 0.391. The van der Waals surface area contributed by atoms with Gasteiger partial charge in [-0.2, -0.15) is 9.40 Å². The van der Waals surface area contributed by atoms with Gasteiger partial charge in [-0.05, 0) is 12.1 Å². The van der Waals surface area contributed by atoms with E-state index >= 15 is 0 Å². The number of nitrogens with one attached hydrogen (secondary N) is 1. The van der Waals surface area contributed by atoms with Gasteiger partial charge in [0.2, 0.25) is 15.9 Å². The summed E-state index contributed by atoms with van der Waals surface area (Å²) in [5.41, 5.74) is 2.44. The van der Waals surface area contributed by atoms with Crippen LogP contribution in [0.4, 0.5) is 11.5 Å². The van der Waals surface area contributed by atoms with E-state index in [1.54, 1.807) is 26.5 Å². The molecule has 0 spiro atoms. The molecule has 1 amide bonds. The summed E-state index contributed by atoms with van der Waals surface area (Å²) in [4.78, 5) is 25.1. The van der Waals surface area contributed by atoms with E-state index in [-0.39, 0.29) is 23.2 Å². The first-order valence-electron chi connectivity index (χ1n) is 11.4. The number of hydrogen-bond donors (Lipinski definition) is 1. The lowest BCUT2D eigenvalue weighted by atomic mass is 10.1. The van der Waals surface area contributed by atoms with Gasteiger partial charge >= 0.3 is 0 Å². The topological polar surface area (TPSA) is 117 Å². The molecule has 3 aromatic rings. The predicted octanol–water partition coefficient (Wildman–Crippen LogP) is 1.70. The average Bonchev–Trinajstić information content (AvgIpc) is 3.30. The van der Waals surface area contributed by atoms with Crippen molar-refractivity contribution >= 4 is 39.8 Å². The lowest BCUT2D eigenvalue weighted by Crippen LogP contribution is -2.49. The monoisotopic (exact) mass is 534 g/mol. The average molecular weight is 535 g/mol. The molecule has 194 valence electrons. The van der Waals surface area contributed by atoms with Crippen molar-refractivity contribution in [2.24, 2.45) is 7.05 Å². The van der Waals surface area contributed by atoms with E-state index < -0.39 is 10.0 Å². The molecule has 36 heavy (non-hydrogen) atoms. The Bertz CT molecular complexity index is 1270. The molecule has 3 heterocycles. The minimum absolute atomic E-state index is 0. The number of carbonyl (C=O) groups is 1. The van der Waals surface area contributed by atoms with Crippen LogP contribution in [0.15, 0.2) is 53.9 Å². The maximum absolute atomic E-state index is 12.7. The van der Waals surface area contributed by atoms with Crippen LogP contribution < -0.4 is 10.2 Å². The van der Waals surface area contributed by atoms with Crippen molar-refractivity contribution < 1.29 is 13.2 Å². The Morgan fingerprint density at radius 2 is 1.75 bits per heavy atom. The van der Waals surface area contributed by atoms with Crippen LogP contribution in [0.2, 0.25) is 0 Å². The zero-order valence-corrected chi connectivity index (χ0v) is 22.2. The van der Waals surface area contributed by atoms with Gasteiger partial charge in [-0.1, -0.05) is 12.1 Å². The van der Waals surface area contributed by atoms with Gasteiger partial charge in [0, 0.05) is 90.1 Å². The third kappa shape index (κ3) is 6.38. The van der Waals surface area contributed by atoms with Crippen LogP contribution in [0.3, 0.4) is 0 Å². The molecule has 1 aliphatic heterocycles. The number of anilines is 2. The Balaban J connectivity index is 0.00000361. The van der Waals surface area contributed by atoms with Crippen LogP contribution in [-0.2, 0) is 21.9 Å². The number of carbonyl (C=O) groups excluding carboxylic acids is 1. The molecule has 0 aliphatic carbocycles. The van der Waals surface area contributed by atoms with Crippen molar-refractivity contribution in [2.75, 3.05) is 56.5 Å². The highest BCUT2D eigenvalue weighted by Gasteiger charge is 2.25. The molecule has 2 aromatic heterocycles. The highest BCUT2D eigenvalue weighted by atomic mass is 35.5. The van der Waals surface area contributed by atoms with Crippen LogP contribution in [0.25, 0.3) is 11.3 Å². The number of likely N-dealkylation sites (N-methyl/N-ethyl adjacent to an activating group) is 1. The summed E-state index contributed by atoms with van der Waals surface area (Å²) >= 11 is 0. The summed E-state index contributed by atoms with van der Waals surface area (Å²) in [6, 6.07) is 7.55. The number of nitrogens with zero attached hydrogens (tertiary/aromatic N) is 7. The number of aromatic nitrogens is 4. The Hall–Kier alpha value is -3.06. The standard InChI is InChI=1S/C23H30N8O3S.ClH/c1-18(32)27-20-6-4-19(5-7-20)22-23(25-9-8-24-22)31-14-12-30(13-15-31)11-10-29(3)35(33,34)21-16-26-28(2)17-21;/h4-9,16-17H,10-15H2,1-3H3,(H,27,32);1H. The molecule has 0 saturated carbocycles. The zero-order chi connectivity index (χ0) is 25.0. The second-order valence-electron chi connectivity index (χ2n) is 8.49. The molecule has 0 radical (unpaired) electrons. The fourth-order valence-corrected chi connectivity index (χ4v) is 5.13. The Morgan fingerprint density at radius 1 is 1.08 bits per heavy atom. The van der Waals surface area contributed by atoms with E-state index in [1.165, 1.54) is 28.3 Å². The van der Waals surface area contributed by atoms with E-state index in [1.807, 2.05) is 24.3 Å². The van der Waals surface area contributed by atoms with Gasteiger partial charge in [-0.15, -0.1) is 12.4 Å². The maximum Gasteiger partial charge on any atom is 0.245 e. The van der Waals surface area contributed by atoms with Crippen molar-refractivity contribution in [2.45, 2.75) is 11.8 Å². The number of rotatable bonds is 8. The molecule has 11 nitrogen and oxygen atoms in total. The van der Waals surface area contributed by atoms with Crippen LogP contribution >= 0.6 is 12.4 Å². The first kappa shape index (κ1) is 27.5. The van der Waals surface area contributed by atoms with Crippen LogP contribution in [0.5, 0.6) is 0 Å². The molecule has 1 aliphatic rings. The number of amides is 1. The third-order valence-corrected chi connectivity index (χ3v) is 7.76. The van der Waals surface area contributed by atoms with Crippen LogP contribution in [0, 0.1) is 0 Å². The highest BCUT2D eigenvalue weighted by Crippen LogP contribution is 2.28. The van der Waals surface area contributed by atoms with Gasteiger partial charge in [0.1, 0.15) is 10.6 Å². The molecule has 13 heteroatoms. The molecular formula is C23H31ClN8O3S. The van der Waals surface area contributed by atoms with Crippen molar-refractivity contribution in [3.05, 3.63) is 49.1 Å². The molecule has 0 bridgehead atoms. The fourth-order valence-electron chi connectivity index (χ4n) is 3.98. The number of sulfonamides is 1. The van der Waals surface area contributed by atoms with Gasteiger partial charge in [0.15, 0.2) is 5.82 Å². The summed E-state index contributed by atoms with van der Waals surface area (Å²) in [5, 5.41) is 6.73. The molecule has 1 saturated heterocycles. The van der Waals surface area contributed by atoms with Crippen LogP contribution in [-0.4, -0.2) is 89.6 Å². The number of piperazine rings is 1. The summed E-state index contributed by atoms with van der Waals surface area (Å²) in [7, 11) is -0.252. The van der Waals surface area contributed by atoms with Gasteiger partial charge in [-0.25, -0.2) is 13.4 Å². The minimum Gasteiger partial charge on any atom is -0.352 e. The lowest BCUT2D eigenvalue weighted by Gasteiger charge is -2.36. The number of aryl methyl sites for hydroxylation is 1. The van der Waals surface area contributed by atoms with E-state index in [9.17, 15) is 13.2 Å². The minimum atomic E-state index is -3.55. The Morgan fingerprint density at radius 3 is 2.36 bits per heavy atom. The van der Waals surface area contributed by atoms with Crippen molar-refractivity contribution in [3.63, 3.8) is 0 Å². The van der Waals surface area contributed by atoms with Gasteiger partial charge in [-0.3, -0.25) is 19.4 Å². The SMILES string of the molecule is CC(=O)Nc1ccc(-c2nccnc2N2CCN(CCN(C)S(=O)(=O)c3cnn(C)c3)CC2)cc1.Cl. The zero-order valence-electron chi connectivity index (χ0n) is 20.5.